The second-order valence-electron chi connectivity index (χ2n) is 8.95. The minimum atomic E-state index is -3.51. The first-order valence-corrected chi connectivity index (χ1v) is 12.5. The van der Waals surface area contributed by atoms with Gasteiger partial charge in [0.25, 0.3) is 5.91 Å². The number of carbonyl (C=O) groups excluding carboxylic acids is 1. The number of rotatable bonds is 5. The van der Waals surface area contributed by atoms with Crippen LogP contribution >= 0.6 is 0 Å². The second-order valence-corrected chi connectivity index (χ2v) is 10.9. The Bertz CT molecular complexity index is 1010. The van der Waals surface area contributed by atoms with E-state index in [0.29, 0.717) is 30.5 Å². The predicted octanol–water partition coefficient (Wildman–Crippen LogP) is 4.21. The van der Waals surface area contributed by atoms with Crippen molar-refractivity contribution >= 4 is 27.3 Å². The molecule has 2 aromatic carbocycles. The summed E-state index contributed by atoms with van der Waals surface area (Å²) in [5, 5.41) is 2.89. The summed E-state index contributed by atoms with van der Waals surface area (Å²) < 4.78 is 27.2. The largest absolute Gasteiger partial charge is 0.371 e. The Morgan fingerprint density at radius 2 is 1.48 bits per heavy atom. The molecular formula is C24H31N3O3S. The second kappa shape index (κ2) is 9.01. The summed E-state index contributed by atoms with van der Waals surface area (Å²) in [5.41, 5.74) is 2.33. The van der Waals surface area contributed by atoms with E-state index in [0.717, 1.165) is 31.6 Å². The molecule has 0 aliphatic carbocycles. The van der Waals surface area contributed by atoms with Gasteiger partial charge in [0.05, 0.1) is 4.90 Å². The lowest BCUT2D eigenvalue weighted by Gasteiger charge is -2.29. The van der Waals surface area contributed by atoms with Crippen molar-refractivity contribution in [1.82, 2.24) is 4.31 Å². The fraction of sp³-hybridized carbons (Fsp3) is 0.458. The number of nitrogens with zero attached hydrogens (tertiary/aromatic N) is 2. The van der Waals surface area contributed by atoms with Crippen LogP contribution in [0.2, 0.25) is 0 Å². The zero-order valence-corrected chi connectivity index (χ0v) is 19.1. The van der Waals surface area contributed by atoms with Crippen molar-refractivity contribution in [2.75, 3.05) is 36.4 Å². The monoisotopic (exact) mass is 441 g/mol. The van der Waals surface area contributed by atoms with Crippen LogP contribution in [0, 0.1) is 11.8 Å². The quantitative estimate of drug-likeness (QED) is 0.755. The average molecular weight is 442 g/mol. The maximum absolute atomic E-state index is 12.8. The molecule has 1 N–H and O–H groups in total. The summed E-state index contributed by atoms with van der Waals surface area (Å²) in [6, 6.07) is 14.1. The number of amides is 1. The van der Waals surface area contributed by atoms with E-state index < -0.39 is 10.0 Å². The molecule has 2 heterocycles. The lowest BCUT2D eigenvalue weighted by molar-refractivity contribution is 0.102. The molecule has 0 radical (unpaired) electrons. The van der Waals surface area contributed by atoms with Gasteiger partial charge >= 0.3 is 0 Å². The Labute approximate surface area is 185 Å². The zero-order valence-electron chi connectivity index (χ0n) is 18.3. The summed E-state index contributed by atoms with van der Waals surface area (Å²) in [5.74, 6) is 1.02. The topological polar surface area (TPSA) is 69.7 Å². The highest BCUT2D eigenvalue weighted by atomic mass is 32.2. The van der Waals surface area contributed by atoms with Crippen molar-refractivity contribution < 1.29 is 13.2 Å². The van der Waals surface area contributed by atoms with E-state index in [2.05, 4.69) is 24.1 Å². The highest BCUT2D eigenvalue weighted by Gasteiger charge is 2.28. The van der Waals surface area contributed by atoms with Gasteiger partial charge in [-0.1, -0.05) is 13.8 Å². The summed E-state index contributed by atoms with van der Waals surface area (Å²) in [6.45, 7) is 7.65. The number of piperidine rings is 1. The van der Waals surface area contributed by atoms with Crippen molar-refractivity contribution in [3.63, 3.8) is 0 Å². The van der Waals surface area contributed by atoms with E-state index >= 15 is 0 Å². The van der Waals surface area contributed by atoms with Gasteiger partial charge in [-0.3, -0.25) is 4.79 Å². The molecule has 2 aliphatic rings. The van der Waals surface area contributed by atoms with Crippen molar-refractivity contribution in [3.05, 3.63) is 54.1 Å². The van der Waals surface area contributed by atoms with Gasteiger partial charge in [0, 0.05) is 43.1 Å². The Morgan fingerprint density at radius 1 is 0.871 bits per heavy atom. The van der Waals surface area contributed by atoms with Crippen molar-refractivity contribution in [1.29, 1.82) is 0 Å². The first-order chi connectivity index (χ1) is 14.8. The van der Waals surface area contributed by atoms with Gasteiger partial charge in [0.1, 0.15) is 0 Å². The predicted molar refractivity (Wildman–Crippen MR) is 124 cm³/mol. The van der Waals surface area contributed by atoms with Crippen LogP contribution in [-0.4, -0.2) is 44.8 Å². The SMILES string of the molecule is CC1CCN(S(=O)(=O)c2ccc(C(=O)Nc3ccc(N4CCC(C)C4)cc3)cc2)CC1. The first-order valence-electron chi connectivity index (χ1n) is 11.1. The van der Waals surface area contributed by atoms with Crippen molar-refractivity contribution in [2.45, 2.75) is 38.0 Å². The van der Waals surface area contributed by atoms with Gasteiger partial charge in [-0.2, -0.15) is 4.31 Å². The van der Waals surface area contributed by atoms with Gasteiger partial charge in [-0.15, -0.1) is 0 Å². The molecule has 0 aromatic heterocycles. The zero-order chi connectivity index (χ0) is 22.0. The summed E-state index contributed by atoms with van der Waals surface area (Å²) in [6.07, 6.45) is 2.98. The van der Waals surface area contributed by atoms with Crippen molar-refractivity contribution in [2.24, 2.45) is 11.8 Å². The highest BCUT2D eigenvalue weighted by molar-refractivity contribution is 7.89. The van der Waals surface area contributed by atoms with Crippen LogP contribution in [0.25, 0.3) is 0 Å². The van der Waals surface area contributed by atoms with E-state index in [4.69, 9.17) is 0 Å². The van der Waals surface area contributed by atoms with Crippen LogP contribution < -0.4 is 10.2 Å². The molecule has 1 atom stereocenters. The van der Waals surface area contributed by atoms with E-state index in [1.54, 1.807) is 16.4 Å². The minimum absolute atomic E-state index is 0.239. The third kappa shape index (κ3) is 4.93. The van der Waals surface area contributed by atoms with Gasteiger partial charge in [0.2, 0.25) is 10.0 Å². The van der Waals surface area contributed by atoms with E-state index in [1.807, 2.05) is 24.3 Å². The van der Waals surface area contributed by atoms with E-state index in [-0.39, 0.29) is 10.8 Å². The lowest BCUT2D eigenvalue weighted by Crippen LogP contribution is -2.37. The van der Waals surface area contributed by atoms with Crippen LogP contribution in [0.1, 0.15) is 43.5 Å². The summed E-state index contributed by atoms with van der Waals surface area (Å²) in [4.78, 5) is 15.2. The standard InChI is InChI=1S/C24H31N3O3S/c1-18-12-15-27(16-13-18)31(29,30)23-9-3-20(4-10-23)24(28)25-21-5-7-22(8-6-21)26-14-11-19(2)17-26/h3-10,18-19H,11-17H2,1-2H3,(H,25,28). The molecule has 4 rings (SSSR count). The van der Waals surface area contributed by atoms with Gasteiger partial charge < -0.3 is 10.2 Å². The molecule has 0 saturated carbocycles. The number of carbonyl (C=O) groups is 1. The first kappa shape index (κ1) is 21.8. The maximum Gasteiger partial charge on any atom is 0.255 e. The molecule has 1 amide bonds. The lowest BCUT2D eigenvalue weighted by atomic mass is 10.0. The highest BCUT2D eigenvalue weighted by Crippen LogP contribution is 2.26. The van der Waals surface area contributed by atoms with Crippen LogP contribution in [-0.2, 0) is 10.0 Å². The molecule has 0 bridgehead atoms. The smallest absolute Gasteiger partial charge is 0.255 e. The van der Waals surface area contributed by atoms with Crippen LogP contribution in [0.3, 0.4) is 0 Å². The number of sulfonamides is 1. The molecule has 2 saturated heterocycles. The molecular weight excluding hydrogens is 410 g/mol. The van der Waals surface area contributed by atoms with Crippen LogP contribution in [0.15, 0.2) is 53.4 Å². The molecule has 2 aliphatic heterocycles. The molecule has 2 aromatic rings. The third-order valence-corrected chi connectivity index (χ3v) is 8.32. The van der Waals surface area contributed by atoms with Gasteiger partial charge in [-0.25, -0.2) is 8.42 Å². The third-order valence-electron chi connectivity index (χ3n) is 6.41. The normalized spacial score (nSPS) is 20.7. The minimum Gasteiger partial charge on any atom is -0.371 e. The van der Waals surface area contributed by atoms with Crippen LogP contribution in [0.4, 0.5) is 11.4 Å². The molecule has 1 unspecified atom stereocenters. The fourth-order valence-electron chi connectivity index (χ4n) is 4.28. The molecule has 2 fully saturated rings. The van der Waals surface area contributed by atoms with Gasteiger partial charge in [-0.05, 0) is 79.6 Å². The Kier molecular flexibility index (Phi) is 6.34. The average Bonchev–Trinajstić information content (AvgIpc) is 3.21. The Morgan fingerprint density at radius 3 is 2.06 bits per heavy atom. The Hall–Kier alpha value is -2.38. The van der Waals surface area contributed by atoms with Crippen LogP contribution in [0.5, 0.6) is 0 Å². The van der Waals surface area contributed by atoms with Crippen molar-refractivity contribution in [3.8, 4) is 0 Å². The fourth-order valence-corrected chi connectivity index (χ4v) is 5.75. The molecule has 31 heavy (non-hydrogen) atoms. The number of nitrogens with one attached hydrogen (secondary N) is 1. The number of anilines is 2. The summed E-state index contributed by atoms with van der Waals surface area (Å²) >= 11 is 0. The van der Waals surface area contributed by atoms with E-state index in [1.165, 1.54) is 24.2 Å². The molecule has 166 valence electrons. The number of benzene rings is 2. The molecule has 7 heteroatoms. The summed E-state index contributed by atoms with van der Waals surface area (Å²) in [7, 11) is -3.51. The molecule has 6 nitrogen and oxygen atoms in total. The van der Waals surface area contributed by atoms with Gasteiger partial charge in [0.15, 0.2) is 0 Å². The maximum atomic E-state index is 12.8. The number of hydrogen-bond donors (Lipinski definition) is 1. The van der Waals surface area contributed by atoms with E-state index in [9.17, 15) is 13.2 Å². The Balaban J connectivity index is 1.39. The number of hydrogen-bond acceptors (Lipinski definition) is 4. The molecule has 0 spiro atoms.